The molecule has 13 saturated heterocycles. The topological polar surface area (TPSA) is 1080 Å². The van der Waals surface area contributed by atoms with Gasteiger partial charge >= 0.3 is 0 Å². The Morgan fingerprint density at radius 1 is 0.173 bits per heavy atom. The monoisotopic (exact) mass is 2210 g/mol. The molecule has 68 heteroatoms. The Balaban J connectivity index is 0.852. The molecule has 13 heterocycles. The predicted octanol–water partition coefficient (Wildman–Crippen LogP) is -29.0. The molecule has 0 aliphatic carbocycles. The van der Waals surface area contributed by atoms with Crippen LogP contribution >= 0.6 is 0 Å². The summed E-state index contributed by atoms with van der Waals surface area (Å²) in [6.45, 7) is -13.9. The SMILES string of the molecule is CC(=O)N[C@@H]1[C@@H](O)[C@H](O[C@@H]2O[C@H](CO)[C@@H](O[C@@H]3O[C@H](CO[C@H]4O[C@H](CO[C@H]5O[C@H](CO)[C@@H](O)[C@H](O)[C@@H]5O[C@H]5O[C@H](CO)[C@@H](O)[C@H](O)[C@@H]5O)[C@@H](O)[C@H](O[C@H]5O[C@H](CO)[C@@H](O)[C@H](O)[C@@H]5O[C@H]5O[C@H](CO)[C@@H](O)[C@H](O)[C@@H]5O)[C@@H]4O)[C@@H](O)[C@H](O[C@H]4O[C@H](CO)[C@@H](O)[C@H](O)[C@@H]4O[C@H]4O[C@H](CO)[C@@H](O)[C@H](O)[C@@H]4O[C@H]4O[C@H](CO)[C@@H](O)[C@H](O[C@H]5O[C@H](CO)[C@@H](O)[C@H](O)[C@H]5O[C@H]5O[C@H](CO)[C@@H](O)[C@H](O)[C@H]5O)[C@@H]4O)[C@@H]3O)[C@H](O)[C@H]2NC(C)=O)[C@@H](CO)O[C@H]1O. The lowest BCUT2D eigenvalue weighted by molar-refractivity contribution is -0.413. The lowest BCUT2D eigenvalue weighted by atomic mass is 9.94. The number of hydrogen-bond acceptors (Lipinski definition) is 66. The van der Waals surface area contributed by atoms with Gasteiger partial charge in [-0.05, 0) is 0 Å². The number of rotatable bonds is 39. The summed E-state index contributed by atoms with van der Waals surface area (Å²) in [5, 5.41) is 444. The number of hydrogen-bond donors (Lipinski definition) is 41. The molecule has 41 N–H and O–H groups in total. The van der Waals surface area contributed by atoms with Crippen molar-refractivity contribution >= 4 is 11.8 Å². The van der Waals surface area contributed by atoms with Crippen molar-refractivity contribution in [3.8, 4) is 0 Å². The van der Waals surface area contributed by atoms with Crippen molar-refractivity contribution in [2.75, 3.05) is 85.9 Å². The number of nitrogens with one attached hydrogen (secondary N) is 2. The highest BCUT2D eigenvalue weighted by atomic mass is 16.8. The summed E-state index contributed by atoms with van der Waals surface area (Å²) < 4.78 is 148. The number of amides is 2. The average molecular weight is 2210 g/mol. The fourth-order valence-electron chi connectivity index (χ4n) is 19.4. The molecule has 0 radical (unpaired) electrons. The molecule has 2 amide bonds. The zero-order valence-corrected chi connectivity index (χ0v) is 79.2. The highest BCUT2D eigenvalue weighted by molar-refractivity contribution is 5.73. The summed E-state index contributed by atoms with van der Waals surface area (Å²) in [6, 6.07) is -3.82. The van der Waals surface area contributed by atoms with Crippen LogP contribution in [0.4, 0.5) is 0 Å². The number of carbonyl (C=O) groups excluding carboxylic acids is 2. The molecule has 0 unspecified atom stereocenters. The van der Waals surface area contributed by atoms with Crippen molar-refractivity contribution < 1.29 is 327 Å². The van der Waals surface area contributed by atoms with E-state index >= 15 is 0 Å². The third-order valence-electron chi connectivity index (χ3n) is 28.0. The summed E-state index contributed by atoms with van der Waals surface area (Å²) >= 11 is 0. The van der Waals surface area contributed by atoms with Crippen LogP contribution in [0.5, 0.6) is 0 Å². The second-order valence-electron chi connectivity index (χ2n) is 38.0. The molecule has 0 aromatic rings. The van der Waals surface area contributed by atoms with Crippen molar-refractivity contribution in [1.29, 1.82) is 0 Å². The van der Waals surface area contributed by atoms with Crippen molar-refractivity contribution in [2.24, 2.45) is 0 Å². The van der Waals surface area contributed by atoms with Gasteiger partial charge in [0.2, 0.25) is 11.8 Å². The molecule has 0 spiro atoms. The van der Waals surface area contributed by atoms with Crippen molar-refractivity contribution in [1.82, 2.24) is 10.6 Å². The van der Waals surface area contributed by atoms with Gasteiger partial charge in [0, 0.05) is 13.8 Å². The first-order chi connectivity index (χ1) is 71.1. The van der Waals surface area contributed by atoms with Gasteiger partial charge in [-0.2, -0.15) is 0 Å². The molecular weight excluding hydrogens is 2070 g/mol. The molecule has 13 rings (SSSR count). The van der Waals surface area contributed by atoms with Gasteiger partial charge in [-0.3, -0.25) is 9.59 Å². The van der Waals surface area contributed by atoms with Crippen LogP contribution in [0.2, 0.25) is 0 Å². The molecule has 0 aromatic heterocycles. The molecule has 13 aliphatic heterocycles. The summed E-state index contributed by atoms with van der Waals surface area (Å²) in [6.07, 6.45) is -144. The average Bonchev–Trinajstić information content (AvgIpc) is 0.764. The van der Waals surface area contributed by atoms with Gasteiger partial charge in [0.15, 0.2) is 81.8 Å². The van der Waals surface area contributed by atoms with Crippen molar-refractivity contribution in [3.05, 3.63) is 0 Å². The fourth-order valence-corrected chi connectivity index (χ4v) is 19.4. The zero-order valence-electron chi connectivity index (χ0n) is 79.2. The van der Waals surface area contributed by atoms with Crippen molar-refractivity contribution in [3.63, 3.8) is 0 Å². The van der Waals surface area contributed by atoms with Crippen LogP contribution in [0.1, 0.15) is 13.8 Å². The summed E-state index contributed by atoms with van der Waals surface area (Å²) in [4.78, 5) is 25.6. The Labute approximate surface area is 845 Å². The van der Waals surface area contributed by atoms with Gasteiger partial charge in [0.25, 0.3) is 0 Å². The molecule has 0 aromatic carbocycles. The van der Waals surface area contributed by atoms with Crippen LogP contribution in [0.15, 0.2) is 0 Å². The first kappa shape index (κ1) is 123. The normalized spacial score (nSPS) is 52.1. The number of ether oxygens (including phenoxy) is 25. The van der Waals surface area contributed by atoms with E-state index in [1.165, 1.54) is 0 Å². The van der Waals surface area contributed by atoms with E-state index in [0.29, 0.717) is 0 Å². The highest BCUT2D eigenvalue weighted by Crippen LogP contribution is 2.44. The maximum Gasteiger partial charge on any atom is 0.217 e. The van der Waals surface area contributed by atoms with E-state index in [1.54, 1.807) is 0 Å². The smallest absolute Gasteiger partial charge is 0.217 e. The zero-order chi connectivity index (χ0) is 110. The Hall–Kier alpha value is -3.62. The molecule has 65 atom stereocenters. The minimum absolute atomic E-state index is 0.854. The molecule has 150 heavy (non-hydrogen) atoms. The van der Waals surface area contributed by atoms with Gasteiger partial charge in [0.1, 0.15) is 317 Å². The van der Waals surface area contributed by atoms with Gasteiger partial charge in [0.05, 0.1) is 85.9 Å². The van der Waals surface area contributed by atoms with Crippen LogP contribution in [0.3, 0.4) is 0 Å². The highest BCUT2D eigenvalue weighted by Gasteiger charge is 2.65. The molecule has 872 valence electrons. The predicted molar refractivity (Wildman–Crippen MR) is 451 cm³/mol. The van der Waals surface area contributed by atoms with E-state index in [1.807, 2.05) is 0 Å². The molecule has 0 bridgehead atoms. The standard InChI is InChI=1S/C82H138N2O66/c1-16(96)83-31-44(109)60(27(12-94)128-70(31)125)141-71-32(84-17(2)97)45(110)61(28(13-95)138-71)142-77-59(124)64(145-81-69(53(118)40(105)24(9-91)136-81)150-82-68(52(117)39(104)25(10-92)137-82)149-76-58(123)62(41(106)26(11-93)132-76)143-79-66(50(115)37(102)22(7-89)134-79)147-74-55(120)47(112)34(99)19(4-86)130-74)43(108)30(140-77)14-126-72-57(122)63(144-80-67(51(116)38(103)23(8-90)135-80)148-75-56(121)48(113)35(100)20(5-87)131-75)42(107)29(139-72)15-127-78-65(49(114)36(101)21(6-88)133-78)146-73-54(119)46(111)33(98)18(3-85)129-73/h18-82,85-95,98-125H,3-15H2,1-2H3,(H,83,96)(H,84,97)/t18-,19-,20-,21-,22-,23-,24-,25-,26-,27-,28-,29-,30-,31-,32-,33-,34-,35-,36-,37-,38-,39-,40-,41-,42-,43-,44-,45-,46+,47+,48+,49+,50+,51+,52+,53+,54+,55-,56+,57+,58+,59+,60-,61-,62+,63+,64+,65+,66-,67+,68+,69+,70-,71+,72+,73-,74-,75-,76-,77+,78+,79-,80-,81-,82-/m1/s1. The molecule has 13 fully saturated rings. The van der Waals surface area contributed by atoms with E-state index in [-0.39, 0.29) is 0 Å². The molecule has 68 nitrogen and oxygen atoms in total. The first-order valence-corrected chi connectivity index (χ1v) is 47.7. The number of aliphatic hydroxyl groups excluding tert-OH is 39. The fraction of sp³-hybridized carbons (Fsp3) is 0.976. The minimum Gasteiger partial charge on any atom is -0.394 e. The van der Waals surface area contributed by atoms with Gasteiger partial charge in [-0.1, -0.05) is 0 Å². The summed E-state index contributed by atoms with van der Waals surface area (Å²) in [5.74, 6) is -1.89. The number of carbonyl (C=O) groups is 2. The van der Waals surface area contributed by atoms with Crippen LogP contribution in [-0.2, 0) is 128 Å². The van der Waals surface area contributed by atoms with Crippen LogP contribution in [0.25, 0.3) is 0 Å². The van der Waals surface area contributed by atoms with Gasteiger partial charge < -0.3 is 328 Å². The van der Waals surface area contributed by atoms with E-state index < -0.39 is 497 Å². The Kier molecular flexibility index (Phi) is 44.2. The summed E-state index contributed by atoms with van der Waals surface area (Å²) in [7, 11) is 0. The third kappa shape index (κ3) is 26.2. The second kappa shape index (κ2) is 53.8. The molecular formula is C82H138N2O66. The van der Waals surface area contributed by atoms with Crippen LogP contribution in [-0.4, -0.2) is 696 Å². The van der Waals surface area contributed by atoms with E-state index in [2.05, 4.69) is 10.6 Å². The maximum atomic E-state index is 13.3. The van der Waals surface area contributed by atoms with Gasteiger partial charge in [-0.25, -0.2) is 0 Å². The maximum absolute atomic E-state index is 13.3. The van der Waals surface area contributed by atoms with E-state index in [4.69, 9.17) is 118 Å². The Morgan fingerprint density at radius 3 is 0.673 bits per heavy atom. The lowest BCUT2D eigenvalue weighted by Gasteiger charge is -2.51. The Morgan fingerprint density at radius 2 is 0.367 bits per heavy atom. The largest absolute Gasteiger partial charge is 0.394 e. The second-order valence-corrected chi connectivity index (χ2v) is 38.0. The van der Waals surface area contributed by atoms with Crippen molar-refractivity contribution in [2.45, 2.75) is 413 Å². The van der Waals surface area contributed by atoms with Gasteiger partial charge in [-0.15, -0.1) is 0 Å². The quantitative estimate of drug-likeness (QED) is 0.0272. The van der Waals surface area contributed by atoms with E-state index in [0.717, 1.165) is 13.8 Å². The first-order valence-electron chi connectivity index (χ1n) is 47.7. The molecule has 0 saturated carbocycles. The lowest BCUT2D eigenvalue weighted by Crippen LogP contribution is -2.70. The van der Waals surface area contributed by atoms with Crippen LogP contribution < -0.4 is 10.6 Å². The summed E-state index contributed by atoms with van der Waals surface area (Å²) in [5.41, 5.74) is 0. The Bertz CT molecular complexity index is 4070. The minimum atomic E-state index is -2.80. The molecule has 13 aliphatic rings. The number of aliphatic hydroxyl groups is 39. The van der Waals surface area contributed by atoms with Crippen LogP contribution in [0, 0.1) is 0 Å². The third-order valence-corrected chi connectivity index (χ3v) is 28.0. The van der Waals surface area contributed by atoms with E-state index in [9.17, 15) is 209 Å².